The van der Waals surface area contributed by atoms with Crippen LogP contribution in [-0.2, 0) is 12.4 Å². The average Bonchev–Trinajstić information content (AvgIpc) is 2.58. The fourth-order valence-electron chi connectivity index (χ4n) is 2.33. The third kappa shape index (κ3) is 4.96. The van der Waals surface area contributed by atoms with Gasteiger partial charge in [0, 0.05) is 6.07 Å². The van der Waals surface area contributed by atoms with Crippen LogP contribution in [0.3, 0.4) is 0 Å². The van der Waals surface area contributed by atoms with Crippen LogP contribution >= 0.6 is 23.2 Å². The Morgan fingerprint density at radius 1 is 0.935 bits per heavy atom. The minimum atomic E-state index is -5.31. The zero-order valence-electron chi connectivity index (χ0n) is 14.3. The maximum absolute atomic E-state index is 13.1. The SMILES string of the molecule is O=C(Nc1c([N+](=O)[O-])cc(C(F)(F)F)c(Cl)c1[N+](=O)[O-])c1ccc(C(F)(F)F)cc1Cl. The van der Waals surface area contributed by atoms with Gasteiger partial charge < -0.3 is 5.32 Å². The number of rotatable bonds is 4. The number of halogens is 8. The summed E-state index contributed by atoms with van der Waals surface area (Å²) in [5.41, 5.74) is -8.33. The van der Waals surface area contributed by atoms with Gasteiger partial charge in [-0.05, 0) is 18.2 Å². The molecule has 0 bridgehead atoms. The van der Waals surface area contributed by atoms with E-state index in [1.165, 1.54) is 0 Å². The first kappa shape index (κ1) is 24.1. The van der Waals surface area contributed by atoms with Crippen molar-refractivity contribution >= 4 is 46.2 Å². The van der Waals surface area contributed by atoms with Gasteiger partial charge in [-0.25, -0.2) is 0 Å². The Morgan fingerprint density at radius 2 is 1.52 bits per heavy atom. The summed E-state index contributed by atoms with van der Waals surface area (Å²) in [7, 11) is 0. The Morgan fingerprint density at radius 3 is 1.94 bits per heavy atom. The smallest absolute Gasteiger partial charge is 0.310 e. The molecule has 31 heavy (non-hydrogen) atoms. The number of hydrogen-bond donors (Lipinski definition) is 1. The van der Waals surface area contributed by atoms with Crippen molar-refractivity contribution in [2.45, 2.75) is 12.4 Å². The third-order valence-electron chi connectivity index (χ3n) is 3.68. The molecular weight excluding hydrogens is 487 g/mol. The number of nitrogens with one attached hydrogen (secondary N) is 1. The van der Waals surface area contributed by atoms with Gasteiger partial charge in [0.1, 0.15) is 5.02 Å². The van der Waals surface area contributed by atoms with Crippen LogP contribution in [0.5, 0.6) is 0 Å². The van der Waals surface area contributed by atoms with Gasteiger partial charge in [0.15, 0.2) is 0 Å². The van der Waals surface area contributed by atoms with E-state index < -0.39 is 71.9 Å². The zero-order chi connectivity index (χ0) is 23.9. The quantitative estimate of drug-likeness (QED) is 0.315. The van der Waals surface area contributed by atoms with Crippen molar-refractivity contribution in [3.05, 3.63) is 71.2 Å². The highest BCUT2D eigenvalue weighted by molar-refractivity contribution is 6.36. The molecule has 2 aromatic carbocycles. The van der Waals surface area contributed by atoms with Crippen LogP contribution in [-0.4, -0.2) is 15.8 Å². The van der Waals surface area contributed by atoms with Gasteiger partial charge >= 0.3 is 23.7 Å². The van der Waals surface area contributed by atoms with Crippen LogP contribution in [0.1, 0.15) is 21.5 Å². The van der Waals surface area contributed by atoms with E-state index in [1.54, 1.807) is 5.32 Å². The van der Waals surface area contributed by atoms with E-state index in [9.17, 15) is 51.4 Å². The number of amides is 1. The predicted octanol–water partition coefficient (Wildman–Crippen LogP) is 6.10. The third-order valence-corrected chi connectivity index (χ3v) is 4.38. The number of anilines is 1. The van der Waals surface area contributed by atoms with Gasteiger partial charge in [-0.1, -0.05) is 23.2 Å². The Hall–Kier alpha value is -3.13. The standard InChI is InChI=1S/C15H5Cl2F6N3O5/c16-8-3-5(14(18,19)20)1-2-6(8)13(27)24-11-9(25(28)29)4-7(15(21,22)23)10(17)12(11)26(30)31/h1-4H,(H,24,27). The van der Waals surface area contributed by atoms with Crippen LogP contribution < -0.4 is 5.32 Å². The summed E-state index contributed by atoms with van der Waals surface area (Å²) in [5.74, 6) is -1.47. The number of carbonyl (C=O) groups is 1. The normalized spacial score (nSPS) is 11.9. The molecule has 166 valence electrons. The van der Waals surface area contributed by atoms with Gasteiger partial charge in [-0.3, -0.25) is 25.0 Å². The molecule has 0 aliphatic carbocycles. The molecule has 1 amide bonds. The second-order valence-electron chi connectivity index (χ2n) is 5.64. The Balaban J connectivity index is 2.66. The van der Waals surface area contributed by atoms with E-state index in [0.717, 1.165) is 0 Å². The number of nitrogens with zero attached hydrogens (tertiary/aromatic N) is 2. The summed E-state index contributed by atoms with van der Waals surface area (Å²) < 4.78 is 77.2. The minimum absolute atomic E-state index is 0.126. The summed E-state index contributed by atoms with van der Waals surface area (Å²) in [5, 5.41) is 21.8. The molecule has 0 heterocycles. The molecule has 0 aromatic heterocycles. The first-order valence-electron chi connectivity index (χ1n) is 7.46. The molecule has 0 fully saturated rings. The van der Waals surface area contributed by atoms with Crippen LogP contribution in [0.2, 0.25) is 10.0 Å². The molecule has 2 aromatic rings. The second kappa shape index (κ2) is 8.19. The van der Waals surface area contributed by atoms with E-state index in [2.05, 4.69) is 0 Å². The predicted molar refractivity (Wildman–Crippen MR) is 94.2 cm³/mol. The van der Waals surface area contributed by atoms with Crippen molar-refractivity contribution < 1.29 is 41.0 Å². The lowest BCUT2D eigenvalue weighted by molar-refractivity contribution is -0.392. The maximum Gasteiger partial charge on any atom is 0.418 e. The van der Waals surface area contributed by atoms with Crippen molar-refractivity contribution in [3.63, 3.8) is 0 Å². The second-order valence-corrected chi connectivity index (χ2v) is 6.42. The molecule has 0 saturated heterocycles. The van der Waals surface area contributed by atoms with Crippen LogP contribution in [0.15, 0.2) is 24.3 Å². The molecule has 8 nitrogen and oxygen atoms in total. The fourth-order valence-corrected chi connectivity index (χ4v) is 2.92. The van der Waals surface area contributed by atoms with Crippen LogP contribution in [0.25, 0.3) is 0 Å². The maximum atomic E-state index is 13.1. The van der Waals surface area contributed by atoms with Gasteiger partial charge in [-0.15, -0.1) is 0 Å². The summed E-state index contributed by atoms with van der Waals surface area (Å²) in [6.07, 6.45) is -10.1. The highest BCUT2D eigenvalue weighted by Gasteiger charge is 2.42. The first-order chi connectivity index (χ1) is 14.1. The molecule has 2 rings (SSSR count). The molecule has 0 radical (unpaired) electrons. The number of carbonyl (C=O) groups excluding carboxylic acids is 1. The van der Waals surface area contributed by atoms with Crippen molar-refractivity contribution in [3.8, 4) is 0 Å². The lowest BCUT2D eigenvalue weighted by Gasteiger charge is -2.14. The Labute approximate surface area is 176 Å². The average molecular weight is 492 g/mol. The zero-order valence-corrected chi connectivity index (χ0v) is 15.8. The van der Waals surface area contributed by atoms with Gasteiger partial charge in [0.25, 0.3) is 5.91 Å². The molecule has 1 N–H and O–H groups in total. The largest absolute Gasteiger partial charge is 0.418 e. The van der Waals surface area contributed by atoms with Crippen molar-refractivity contribution in [2.24, 2.45) is 0 Å². The number of alkyl halides is 6. The molecule has 0 spiro atoms. The monoisotopic (exact) mass is 491 g/mol. The fraction of sp³-hybridized carbons (Fsp3) is 0.133. The molecule has 0 unspecified atom stereocenters. The highest BCUT2D eigenvalue weighted by Crippen LogP contribution is 2.47. The molecule has 0 aliphatic rings. The van der Waals surface area contributed by atoms with Crippen LogP contribution in [0.4, 0.5) is 43.4 Å². The number of benzene rings is 2. The lowest BCUT2D eigenvalue weighted by Crippen LogP contribution is -2.17. The summed E-state index contributed by atoms with van der Waals surface area (Å²) >= 11 is 11.0. The highest BCUT2D eigenvalue weighted by atomic mass is 35.5. The van der Waals surface area contributed by atoms with E-state index in [-0.39, 0.29) is 6.07 Å². The lowest BCUT2D eigenvalue weighted by atomic mass is 10.1. The Kier molecular flexibility index (Phi) is 6.38. The van der Waals surface area contributed by atoms with E-state index in [4.69, 9.17) is 23.2 Å². The molecule has 0 saturated carbocycles. The molecular formula is C15H5Cl2F6N3O5. The van der Waals surface area contributed by atoms with Crippen molar-refractivity contribution in [1.29, 1.82) is 0 Å². The topological polar surface area (TPSA) is 115 Å². The number of nitro groups is 2. The van der Waals surface area contributed by atoms with Gasteiger partial charge in [0.05, 0.1) is 31.6 Å². The Bertz CT molecular complexity index is 1100. The van der Waals surface area contributed by atoms with E-state index >= 15 is 0 Å². The van der Waals surface area contributed by atoms with Crippen molar-refractivity contribution in [2.75, 3.05) is 5.32 Å². The molecule has 0 aliphatic heterocycles. The van der Waals surface area contributed by atoms with E-state index in [0.29, 0.717) is 18.2 Å². The first-order valence-corrected chi connectivity index (χ1v) is 8.21. The number of nitro benzene ring substituents is 2. The molecule has 0 atom stereocenters. The summed E-state index contributed by atoms with van der Waals surface area (Å²) in [6, 6.07) is 1.23. The van der Waals surface area contributed by atoms with Crippen LogP contribution in [0, 0.1) is 20.2 Å². The number of hydrogen-bond acceptors (Lipinski definition) is 5. The summed E-state index contributed by atoms with van der Waals surface area (Å²) in [4.78, 5) is 31.9. The van der Waals surface area contributed by atoms with Crippen molar-refractivity contribution in [1.82, 2.24) is 0 Å². The summed E-state index contributed by atoms with van der Waals surface area (Å²) in [6.45, 7) is 0. The van der Waals surface area contributed by atoms with E-state index in [1.807, 2.05) is 0 Å². The van der Waals surface area contributed by atoms with Gasteiger partial charge in [0.2, 0.25) is 5.69 Å². The molecule has 16 heteroatoms. The van der Waals surface area contributed by atoms with Gasteiger partial charge in [-0.2, -0.15) is 26.3 Å². The minimum Gasteiger partial charge on any atom is -0.310 e.